The Hall–Kier alpha value is -0.630. The van der Waals surface area contributed by atoms with Crippen molar-refractivity contribution < 1.29 is 13.6 Å². The Kier molecular flexibility index (Phi) is 8.43. The van der Waals surface area contributed by atoms with Gasteiger partial charge in [-0.05, 0) is 43.2 Å². The molecular weight excluding hydrogens is 355 g/mol. The van der Waals surface area contributed by atoms with Crippen LogP contribution in [-0.2, 0) is 13.6 Å². The molecule has 4 heteroatoms. The maximum absolute atomic E-state index is 13.7. The van der Waals surface area contributed by atoms with Crippen molar-refractivity contribution >= 4 is 12.9 Å². The topological polar surface area (TPSA) is 35.5 Å². The normalized spacial score (nSPS) is 20.0. The van der Waals surface area contributed by atoms with Crippen LogP contribution in [0, 0.1) is 18.8 Å². The highest BCUT2D eigenvalue weighted by Crippen LogP contribution is 2.48. The second kappa shape index (κ2) is 10.8. The molecular formula is C23H37O3P. The van der Waals surface area contributed by atoms with Gasteiger partial charge in [0.05, 0.1) is 18.5 Å². The van der Waals surface area contributed by atoms with Crippen molar-refractivity contribution in [3.8, 4) is 0 Å². The van der Waals surface area contributed by atoms with Gasteiger partial charge in [0.2, 0.25) is 0 Å². The summed E-state index contributed by atoms with van der Waals surface area (Å²) in [5, 5.41) is 0.747. The van der Waals surface area contributed by atoms with E-state index in [9.17, 15) is 4.57 Å². The second-order valence-electron chi connectivity index (χ2n) is 8.54. The van der Waals surface area contributed by atoms with Gasteiger partial charge in [0, 0.05) is 0 Å². The van der Waals surface area contributed by atoms with Crippen LogP contribution >= 0.6 is 7.60 Å². The lowest BCUT2D eigenvalue weighted by molar-refractivity contribution is 0.178. The van der Waals surface area contributed by atoms with E-state index in [2.05, 4.69) is 0 Å². The highest BCUT2D eigenvalue weighted by molar-refractivity contribution is 7.62. The summed E-state index contributed by atoms with van der Waals surface area (Å²) >= 11 is 0. The van der Waals surface area contributed by atoms with Gasteiger partial charge in [0.1, 0.15) is 0 Å². The molecule has 0 heterocycles. The van der Waals surface area contributed by atoms with E-state index in [1.807, 2.05) is 31.2 Å². The Morgan fingerprint density at radius 3 is 1.78 bits per heavy atom. The number of rotatable bonds is 9. The smallest absolute Gasteiger partial charge is 0.305 e. The quantitative estimate of drug-likeness (QED) is 0.434. The standard InChI is InChI=1S/C23H37O3P/c1-20-10-8-9-15-23(20)27(24,25-18-16-21-11-4-2-5-12-21)26-19-17-22-13-6-3-7-14-22/h8-10,15,21-22H,2-7,11-14,16-19H2,1H3. The molecule has 3 nitrogen and oxygen atoms in total. The van der Waals surface area contributed by atoms with Crippen LogP contribution in [0.3, 0.4) is 0 Å². The summed E-state index contributed by atoms with van der Waals surface area (Å²) < 4.78 is 25.7. The zero-order chi connectivity index (χ0) is 19.0. The zero-order valence-electron chi connectivity index (χ0n) is 17.0. The SMILES string of the molecule is Cc1ccccc1P(=O)(OCCC1CCCCC1)OCCC1CCCCC1. The molecule has 1 aromatic carbocycles. The highest BCUT2D eigenvalue weighted by atomic mass is 31.2. The van der Waals surface area contributed by atoms with Crippen LogP contribution in [0.5, 0.6) is 0 Å². The van der Waals surface area contributed by atoms with Crippen molar-refractivity contribution in [2.45, 2.75) is 84.0 Å². The molecule has 0 saturated heterocycles. The molecule has 2 saturated carbocycles. The first-order valence-corrected chi connectivity index (χ1v) is 12.7. The third-order valence-electron chi connectivity index (χ3n) is 6.43. The third kappa shape index (κ3) is 6.44. The average Bonchev–Trinajstić information content (AvgIpc) is 2.70. The van der Waals surface area contributed by atoms with E-state index in [1.54, 1.807) is 0 Å². The summed E-state index contributed by atoms with van der Waals surface area (Å²) in [5.41, 5.74) is 0.996. The summed E-state index contributed by atoms with van der Waals surface area (Å²) in [7, 11) is -3.24. The fraction of sp³-hybridized carbons (Fsp3) is 0.739. The van der Waals surface area contributed by atoms with Crippen molar-refractivity contribution in [2.75, 3.05) is 13.2 Å². The molecule has 0 radical (unpaired) electrons. The molecule has 1 aromatic rings. The van der Waals surface area contributed by atoms with Crippen molar-refractivity contribution in [1.29, 1.82) is 0 Å². The van der Waals surface area contributed by atoms with Crippen molar-refractivity contribution in [3.05, 3.63) is 29.8 Å². The van der Waals surface area contributed by atoms with Crippen molar-refractivity contribution in [3.63, 3.8) is 0 Å². The number of benzene rings is 1. The van der Waals surface area contributed by atoms with Gasteiger partial charge in [-0.2, -0.15) is 0 Å². The zero-order valence-corrected chi connectivity index (χ0v) is 17.9. The van der Waals surface area contributed by atoms with Crippen molar-refractivity contribution in [2.24, 2.45) is 11.8 Å². The van der Waals surface area contributed by atoms with E-state index < -0.39 is 7.60 Å². The van der Waals surface area contributed by atoms with Crippen molar-refractivity contribution in [1.82, 2.24) is 0 Å². The molecule has 0 aromatic heterocycles. The van der Waals surface area contributed by atoms with Gasteiger partial charge in [-0.3, -0.25) is 4.57 Å². The highest BCUT2D eigenvalue weighted by Gasteiger charge is 2.30. The van der Waals surface area contributed by atoms with Gasteiger partial charge >= 0.3 is 7.60 Å². The minimum Gasteiger partial charge on any atom is -0.305 e. The maximum atomic E-state index is 13.7. The molecule has 27 heavy (non-hydrogen) atoms. The van der Waals surface area contributed by atoms with E-state index in [1.165, 1.54) is 64.2 Å². The first kappa shape index (κ1) is 21.1. The molecule has 2 aliphatic carbocycles. The van der Waals surface area contributed by atoms with Gasteiger partial charge in [-0.1, -0.05) is 82.4 Å². The predicted octanol–water partition coefficient (Wildman–Crippen LogP) is 6.79. The minimum absolute atomic E-state index is 0.541. The summed E-state index contributed by atoms with van der Waals surface area (Å²) in [6.45, 7) is 3.08. The summed E-state index contributed by atoms with van der Waals surface area (Å²) in [6.07, 6.45) is 15.2. The molecule has 0 amide bonds. The maximum Gasteiger partial charge on any atom is 0.361 e. The van der Waals surface area contributed by atoms with Crippen LogP contribution in [0.25, 0.3) is 0 Å². The summed E-state index contributed by atoms with van der Waals surface area (Å²) in [6, 6.07) is 7.82. The Morgan fingerprint density at radius 1 is 0.815 bits per heavy atom. The summed E-state index contributed by atoms with van der Waals surface area (Å²) in [5.74, 6) is 1.46. The lowest BCUT2D eigenvalue weighted by Gasteiger charge is -2.25. The van der Waals surface area contributed by atoms with Gasteiger partial charge in [-0.15, -0.1) is 0 Å². The van der Waals surface area contributed by atoms with Crippen LogP contribution < -0.4 is 5.30 Å². The van der Waals surface area contributed by atoms with Gasteiger partial charge < -0.3 is 9.05 Å². The Morgan fingerprint density at radius 2 is 1.30 bits per heavy atom. The number of hydrogen-bond acceptors (Lipinski definition) is 3. The molecule has 2 aliphatic rings. The van der Waals surface area contributed by atoms with E-state index in [0.29, 0.717) is 13.2 Å². The number of hydrogen-bond donors (Lipinski definition) is 0. The van der Waals surface area contributed by atoms with Gasteiger partial charge in [0.25, 0.3) is 0 Å². The molecule has 0 N–H and O–H groups in total. The molecule has 0 bridgehead atoms. The van der Waals surface area contributed by atoms with E-state index >= 15 is 0 Å². The first-order valence-electron chi connectivity index (χ1n) is 11.1. The first-order chi connectivity index (χ1) is 13.2. The molecule has 0 aliphatic heterocycles. The lowest BCUT2D eigenvalue weighted by atomic mass is 9.87. The molecule has 152 valence electrons. The summed E-state index contributed by atoms with van der Waals surface area (Å²) in [4.78, 5) is 0. The second-order valence-corrected chi connectivity index (χ2v) is 10.5. The fourth-order valence-corrected chi connectivity index (χ4v) is 6.50. The minimum atomic E-state index is -3.24. The van der Waals surface area contributed by atoms with Gasteiger partial charge in [-0.25, -0.2) is 0 Å². The Balaban J connectivity index is 1.57. The van der Waals surface area contributed by atoms with Crippen LogP contribution in [0.15, 0.2) is 24.3 Å². The van der Waals surface area contributed by atoms with Gasteiger partial charge in [0.15, 0.2) is 0 Å². The van der Waals surface area contributed by atoms with E-state index in [0.717, 1.165) is 35.5 Å². The lowest BCUT2D eigenvalue weighted by Crippen LogP contribution is -2.17. The largest absolute Gasteiger partial charge is 0.361 e. The number of aryl methyl sites for hydroxylation is 1. The monoisotopic (exact) mass is 392 g/mol. The Bertz CT molecular complexity index is 575. The van der Waals surface area contributed by atoms with Crippen LogP contribution in [0.4, 0.5) is 0 Å². The van der Waals surface area contributed by atoms with Crippen LogP contribution in [0.1, 0.15) is 82.6 Å². The Labute approximate surface area is 165 Å². The van der Waals surface area contributed by atoms with E-state index in [4.69, 9.17) is 9.05 Å². The molecule has 0 spiro atoms. The molecule has 2 fully saturated rings. The predicted molar refractivity (Wildman–Crippen MR) is 113 cm³/mol. The average molecular weight is 393 g/mol. The van der Waals surface area contributed by atoms with E-state index in [-0.39, 0.29) is 0 Å². The molecule has 0 unspecified atom stereocenters. The third-order valence-corrected chi connectivity index (χ3v) is 8.57. The molecule has 3 rings (SSSR count). The van der Waals surface area contributed by atoms with Crippen LogP contribution in [0.2, 0.25) is 0 Å². The molecule has 0 atom stereocenters. The fourth-order valence-electron chi connectivity index (χ4n) is 4.68. The van der Waals surface area contributed by atoms with Crippen LogP contribution in [-0.4, -0.2) is 13.2 Å².